The molecule has 1 atom stereocenters. The average Bonchev–Trinajstić information content (AvgIpc) is 2.98. The van der Waals surface area contributed by atoms with E-state index < -0.39 is 0 Å². The van der Waals surface area contributed by atoms with Crippen LogP contribution in [-0.2, 0) is 13.6 Å². The summed E-state index contributed by atoms with van der Waals surface area (Å²) < 4.78 is 7.37. The lowest BCUT2D eigenvalue weighted by Crippen LogP contribution is -2.39. The molecule has 1 aliphatic heterocycles. The predicted octanol–water partition coefficient (Wildman–Crippen LogP) is 1.95. The molecule has 0 saturated carbocycles. The van der Waals surface area contributed by atoms with Crippen LogP contribution in [0.15, 0.2) is 0 Å². The van der Waals surface area contributed by atoms with Crippen molar-refractivity contribution in [1.82, 2.24) is 20.0 Å². The number of hydrogen-bond donors (Lipinski definition) is 1. The van der Waals surface area contributed by atoms with Gasteiger partial charge in [-0.3, -0.25) is 4.90 Å². The number of rotatable bonds is 7. The Hall–Kier alpha value is -1.07. The van der Waals surface area contributed by atoms with Gasteiger partial charge in [0.1, 0.15) is 0 Å². The van der Waals surface area contributed by atoms with Crippen LogP contribution in [0.3, 0.4) is 0 Å². The Bertz CT molecular complexity index is 449. The second kappa shape index (κ2) is 7.27. The Morgan fingerprint density at radius 3 is 2.81 bits per heavy atom. The minimum atomic E-state index is 0.631. The molecule has 1 unspecified atom stereocenters. The Balaban J connectivity index is 2.10. The first-order valence-corrected chi connectivity index (χ1v) is 8.03. The van der Waals surface area contributed by atoms with Crippen LogP contribution in [0, 0.1) is 12.8 Å². The van der Waals surface area contributed by atoms with Crippen LogP contribution in [0.5, 0.6) is 5.88 Å². The van der Waals surface area contributed by atoms with Crippen molar-refractivity contribution in [3.63, 3.8) is 0 Å². The average molecular weight is 294 g/mol. The number of ether oxygens (including phenoxy) is 1. The minimum absolute atomic E-state index is 0.631. The van der Waals surface area contributed by atoms with E-state index in [1.807, 2.05) is 11.7 Å². The van der Waals surface area contributed by atoms with E-state index in [4.69, 9.17) is 4.74 Å². The lowest BCUT2D eigenvalue weighted by molar-refractivity contribution is 0.212. The largest absolute Gasteiger partial charge is 0.481 e. The summed E-state index contributed by atoms with van der Waals surface area (Å²) >= 11 is 0. The highest BCUT2D eigenvalue weighted by atomic mass is 16.5. The Morgan fingerprint density at radius 1 is 1.48 bits per heavy atom. The van der Waals surface area contributed by atoms with Crippen molar-refractivity contribution in [3.8, 4) is 5.88 Å². The number of nitrogens with zero attached hydrogens (tertiary/aromatic N) is 3. The van der Waals surface area contributed by atoms with E-state index in [1.165, 1.54) is 18.4 Å². The third-order valence-corrected chi connectivity index (χ3v) is 4.13. The second-order valence-corrected chi connectivity index (χ2v) is 6.58. The molecule has 1 saturated heterocycles. The van der Waals surface area contributed by atoms with Gasteiger partial charge in [0.2, 0.25) is 5.88 Å². The van der Waals surface area contributed by atoms with Gasteiger partial charge in [0.05, 0.1) is 18.4 Å². The zero-order valence-corrected chi connectivity index (χ0v) is 14.1. The third-order valence-electron chi connectivity index (χ3n) is 4.13. The van der Waals surface area contributed by atoms with E-state index >= 15 is 0 Å². The normalized spacial score (nSPS) is 18.9. The topological polar surface area (TPSA) is 42.3 Å². The highest BCUT2D eigenvalue weighted by Gasteiger charge is 2.22. The fourth-order valence-corrected chi connectivity index (χ4v) is 3.29. The summed E-state index contributed by atoms with van der Waals surface area (Å²) in [5.74, 6) is 1.55. The van der Waals surface area contributed by atoms with Crippen LogP contribution in [0.2, 0.25) is 0 Å². The van der Waals surface area contributed by atoms with E-state index in [-0.39, 0.29) is 0 Å². The molecule has 1 aliphatic rings. The van der Waals surface area contributed by atoms with Gasteiger partial charge in [0, 0.05) is 32.7 Å². The lowest BCUT2D eigenvalue weighted by Gasteiger charge is -2.27. The molecule has 5 nitrogen and oxygen atoms in total. The van der Waals surface area contributed by atoms with Gasteiger partial charge in [-0.15, -0.1) is 0 Å². The predicted molar refractivity (Wildman–Crippen MR) is 85.6 cm³/mol. The third kappa shape index (κ3) is 4.20. The Kier molecular flexibility index (Phi) is 5.65. The van der Waals surface area contributed by atoms with Gasteiger partial charge in [-0.1, -0.05) is 13.8 Å². The molecule has 1 aromatic heterocycles. The first kappa shape index (κ1) is 16.3. The van der Waals surface area contributed by atoms with Gasteiger partial charge >= 0.3 is 0 Å². The zero-order valence-electron chi connectivity index (χ0n) is 14.1. The van der Waals surface area contributed by atoms with Crippen LogP contribution in [0.4, 0.5) is 0 Å². The zero-order chi connectivity index (χ0) is 15.4. The molecule has 0 radical (unpaired) electrons. The summed E-state index contributed by atoms with van der Waals surface area (Å²) in [6.07, 6.45) is 2.59. The van der Waals surface area contributed by atoms with Crippen molar-refractivity contribution in [1.29, 1.82) is 0 Å². The molecule has 0 spiro atoms. The van der Waals surface area contributed by atoms with E-state index in [1.54, 1.807) is 7.11 Å². The maximum atomic E-state index is 5.53. The summed E-state index contributed by atoms with van der Waals surface area (Å²) in [7, 11) is 3.67. The maximum absolute atomic E-state index is 5.53. The molecule has 120 valence electrons. The fourth-order valence-electron chi connectivity index (χ4n) is 3.29. The van der Waals surface area contributed by atoms with Crippen molar-refractivity contribution < 1.29 is 4.74 Å². The van der Waals surface area contributed by atoms with Crippen molar-refractivity contribution in [3.05, 3.63) is 11.3 Å². The minimum Gasteiger partial charge on any atom is -0.481 e. The van der Waals surface area contributed by atoms with Crippen LogP contribution in [0.1, 0.15) is 37.9 Å². The van der Waals surface area contributed by atoms with Crippen molar-refractivity contribution in [2.24, 2.45) is 13.0 Å². The maximum Gasteiger partial charge on any atom is 0.216 e. The Morgan fingerprint density at radius 2 is 2.24 bits per heavy atom. The SMILES string of the molecule is COc1c(CN(CC(C)C)CC2CCCN2)c(C)nn1C. The highest BCUT2D eigenvalue weighted by molar-refractivity contribution is 5.30. The van der Waals surface area contributed by atoms with Crippen LogP contribution < -0.4 is 10.1 Å². The monoisotopic (exact) mass is 294 g/mol. The molecular formula is C16H30N4O. The molecule has 1 N–H and O–H groups in total. The van der Waals surface area contributed by atoms with Gasteiger partial charge in [-0.2, -0.15) is 5.10 Å². The number of hydrogen-bond acceptors (Lipinski definition) is 4. The molecule has 0 aromatic carbocycles. The summed E-state index contributed by atoms with van der Waals surface area (Å²) in [5.41, 5.74) is 2.29. The van der Waals surface area contributed by atoms with Crippen LogP contribution in [0.25, 0.3) is 0 Å². The summed E-state index contributed by atoms with van der Waals surface area (Å²) in [6.45, 7) is 10.9. The first-order valence-electron chi connectivity index (χ1n) is 8.03. The molecule has 0 bridgehead atoms. The van der Waals surface area contributed by atoms with Crippen LogP contribution >= 0.6 is 0 Å². The van der Waals surface area contributed by atoms with Gasteiger partial charge < -0.3 is 10.1 Å². The summed E-state index contributed by atoms with van der Waals surface area (Å²) in [5, 5.41) is 8.10. The van der Waals surface area contributed by atoms with Crippen molar-refractivity contribution in [2.45, 2.75) is 46.2 Å². The fraction of sp³-hybridized carbons (Fsp3) is 0.812. The first-order chi connectivity index (χ1) is 10.0. The van der Waals surface area contributed by atoms with E-state index in [9.17, 15) is 0 Å². The number of methoxy groups -OCH3 is 1. The quantitative estimate of drug-likeness (QED) is 0.834. The van der Waals surface area contributed by atoms with Gasteiger partial charge in [0.25, 0.3) is 0 Å². The van der Waals surface area contributed by atoms with E-state index in [0.29, 0.717) is 12.0 Å². The van der Waals surface area contributed by atoms with Crippen LogP contribution in [-0.4, -0.2) is 47.5 Å². The Labute approximate surface area is 128 Å². The lowest BCUT2D eigenvalue weighted by atomic mass is 10.1. The second-order valence-electron chi connectivity index (χ2n) is 6.58. The summed E-state index contributed by atoms with van der Waals surface area (Å²) in [6, 6.07) is 0.631. The van der Waals surface area contributed by atoms with Gasteiger partial charge in [0.15, 0.2) is 0 Å². The van der Waals surface area contributed by atoms with Crippen molar-refractivity contribution in [2.75, 3.05) is 26.7 Å². The number of nitrogens with one attached hydrogen (secondary N) is 1. The molecule has 0 aliphatic carbocycles. The molecule has 2 rings (SSSR count). The van der Waals surface area contributed by atoms with Gasteiger partial charge in [-0.25, -0.2) is 4.68 Å². The molecule has 1 fully saturated rings. The summed E-state index contributed by atoms with van der Waals surface area (Å²) in [4.78, 5) is 2.54. The number of aryl methyl sites for hydroxylation is 2. The van der Waals surface area contributed by atoms with Gasteiger partial charge in [-0.05, 0) is 32.2 Å². The standard InChI is InChI=1S/C16H30N4O/c1-12(2)9-20(10-14-7-6-8-17-14)11-15-13(3)18-19(4)16(15)21-5/h12,14,17H,6-11H2,1-5H3. The smallest absolute Gasteiger partial charge is 0.216 e. The molecule has 1 aromatic rings. The molecule has 0 amide bonds. The van der Waals surface area contributed by atoms with Crippen molar-refractivity contribution >= 4 is 0 Å². The van der Waals surface area contributed by atoms with E-state index in [0.717, 1.165) is 37.8 Å². The highest BCUT2D eigenvalue weighted by Crippen LogP contribution is 2.23. The number of aromatic nitrogens is 2. The molecule has 5 heteroatoms. The molecule has 2 heterocycles. The van der Waals surface area contributed by atoms with E-state index in [2.05, 4.69) is 36.1 Å². The molecular weight excluding hydrogens is 264 g/mol. The molecule has 21 heavy (non-hydrogen) atoms.